The lowest BCUT2D eigenvalue weighted by molar-refractivity contribution is -0.353. The van der Waals surface area contributed by atoms with Crippen LogP contribution in [0.15, 0.2) is 11.6 Å². The van der Waals surface area contributed by atoms with Crippen molar-refractivity contribution in [2.45, 2.75) is 64.0 Å². The Balaban J connectivity index is 5.35. The average Bonchev–Trinajstić information content (AvgIpc) is 2.52. The van der Waals surface area contributed by atoms with E-state index in [2.05, 4.69) is 4.74 Å². The van der Waals surface area contributed by atoms with Crippen molar-refractivity contribution in [1.29, 1.82) is 0 Å². The average molecular weight is 409 g/mol. The Labute approximate surface area is 151 Å². The van der Waals surface area contributed by atoms with E-state index in [1.54, 1.807) is 6.92 Å². The molecule has 1 atom stereocenters. The quantitative estimate of drug-likeness (QED) is 0.297. The summed E-state index contributed by atoms with van der Waals surface area (Å²) in [5.41, 5.74) is -1.55. The molecule has 0 aliphatic rings. The zero-order chi connectivity index (χ0) is 21.5. The number of rotatable bonds is 11. The highest BCUT2D eigenvalue weighted by Gasteiger charge is 2.72. The van der Waals surface area contributed by atoms with Gasteiger partial charge in [0.15, 0.2) is 0 Å². The summed E-state index contributed by atoms with van der Waals surface area (Å²) in [6.07, 6.45) is -6.64. The molecule has 0 rings (SSSR count). The van der Waals surface area contributed by atoms with E-state index in [4.69, 9.17) is 0 Å². The minimum absolute atomic E-state index is 0.199. The largest absolute Gasteiger partial charge is 0.545 e. The fraction of sp³-hybridized carbons (Fsp3) is 0.750. The van der Waals surface area contributed by atoms with Crippen molar-refractivity contribution in [3.63, 3.8) is 0 Å². The van der Waals surface area contributed by atoms with Crippen molar-refractivity contribution < 1.29 is 50.2 Å². The summed E-state index contributed by atoms with van der Waals surface area (Å²) in [5.74, 6) is -16.4. The van der Waals surface area contributed by atoms with Crippen molar-refractivity contribution in [3.8, 4) is 0 Å². The van der Waals surface area contributed by atoms with Gasteiger partial charge in [-0.15, -0.1) is 0 Å². The number of unbranched alkanes of at least 4 members (excludes halogenated alkanes) is 1. The summed E-state index contributed by atoms with van der Waals surface area (Å²) in [5, 5.41) is 10.5. The lowest BCUT2D eigenvalue weighted by atomic mass is 10.00. The molecule has 0 fully saturated rings. The van der Waals surface area contributed by atoms with Crippen molar-refractivity contribution in [3.05, 3.63) is 11.6 Å². The van der Waals surface area contributed by atoms with E-state index in [-0.39, 0.29) is 18.6 Å². The van der Waals surface area contributed by atoms with Crippen LogP contribution >= 0.6 is 0 Å². The number of carboxylic acid groups (broad SMARTS) is 1. The Hall–Kier alpha value is -1.81. The molecular weight excluding hydrogens is 389 g/mol. The molecule has 0 aliphatic carbocycles. The number of aliphatic carboxylic acids is 1. The van der Waals surface area contributed by atoms with E-state index in [0.717, 1.165) is 12.8 Å². The predicted molar refractivity (Wildman–Crippen MR) is 77.9 cm³/mol. The fourth-order valence-electron chi connectivity index (χ4n) is 2.07. The van der Waals surface area contributed by atoms with Gasteiger partial charge in [-0.05, 0) is 18.4 Å². The van der Waals surface area contributed by atoms with Crippen LogP contribution in [-0.4, -0.2) is 36.6 Å². The van der Waals surface area contributed by atoms with Gasteiger partial charge in [0.25, 0.3) is 0 Å². The van der Waals surface area contributed by atoms with Crippen LogP contribution < -0.4 is 5.11 Å². The van der Waals surface area contributed by atoms with Crippen LogP contribution in [-0.2, 0) is 14.3 Å². The minimum atomic E-state index is -6.60. The van der Waals surface area contributed by atoms with Crippen LogP contribution in [0.5, 0.6) is 0 Å². The van der Waals surface area contributed by atoms with Crippen molar-refractivity contribution in [2.75, 3.05) is 6.61 Å². The maximum Gasteiger partial charge on any atom is 0.459 e. The summed E-state index contributed by atoms with van der Waals surface area (Å²) in [6, 6.07) is 0. The topological polar surface area (TPSA) is 66.4 Å². The lowest BCUT2D eigenvalue weighted by Crippen LogP contribution is -2.52. The number of hydrogen-bond acceptors (Lipinski definition) is 4. The number of carbonyl (C=O) groups is 2. The second-order valence-corrected chi connectivity index (χ2v) is 5.96. The van der Waals surface area contributed by atoms with Gasteiger partial charge in [0, 0.05) is 5.57 Å². The van der Waals surface area contributed by atoms with Crippen LogP contribution in [0, 0.1) is 5.92 Å². The Morgan fingerprint density at radius 1 is 1.07 bits per heavy atom. The van der Waals surface area contributed by atoms with Gasteiger partial charge < -0.3 is 14.6 Å². The van der Waals surface area contributed by atoms with Crippen LogP contribution in [0.4, 0.5) is 30.7 Å². The molecule has 0 aromatic rings. The molecule has 11 heteroatoms. The molecule has 0 aromatic carbocycles. The number of ether oxygens (including phenoxy) is 1. The first-order valence-electron chi connectivity index (χ1n) is 8.10. The highest BCUT2D eigenvalue weighted by atomic mass is 19.4. The van der Waals surface area contributed by atoms with E-state index in [0.29, 0.717) is 12.8 Å². The van der Waals surface area contributed by atoms with E-state index in [1.807, 2.05) is 6.92 Å². The number of hydrogen-bond donors (Lipinski definition) is 0. The molecule has 0 amide bonds. The Morgan fingerprint density at radius 3 is 2.04 bits per heavy atom. The number of carbonyl (C=O) groups excluding carboxylic acids is 2. The van der Waals surface area contributed by atoms with E-state index in [9.17, 15) is 45.4 Å². The van der Waals surface area contributed by atoms with Gasteiger partial charge >= 0.3 is 24.0 Å². The molecule has 0 heterocycles. The number of carboxylic acids is 1. The summed E-state index contributed by atoms with van der Waals surface area (Å²) < 4.78 is 94.0. The van der Waals surface area contributed by atoms with E-state index < -0.39 is 42.0 Å². The van der Waals surface area contributed by atoms with Gasteiger partial charge in [-0.1, -0.05) is 33.1 Å². The summed E-state index contributed by atoms with van der Waals surface area (Å²) >= 11 is 0. The van der Waals surface area contributed by atoms with Crippen molar-refractivity contribution >= 4 is 11.9 Å². The molecule has 27 heavy (non-hydrogen) atoms. The standard InChI is InChI=1S/C16H21F7O4/c1-3-5-6-10(4-2)9-27-13(26)11(7-12(24)25)8-14(17,18)15(19,20)16(21,22)23/h7,10H,3-6,8-9H2,1-2H3,(H,24,25)/p-1/b11-7-. The van der Waals surface area contributed by atoms with Gasteiger partial charge in [-0.2, -0.15) is 30.7 Å². The maximum absolute atomic E-state index is 13.5. The van der Waals surface area contributed by atoms with E-state index >= 15 is 0 Å². The first-order chi connectivity index (χ1) is 12.2. The Bertz CT molecular complexity index is 541. The van der Waals surface area contributed by atoms with Crippen LogP contribution in [0.1, 0.15) is 46.0 Å². The second kappa shape index (κ2) is 9.93. The third-order valence-corrected chi connectivity index (χ3v) is 3.78. The molecule has 4 nitrogen and oxygen atoms in total. The van der Waals surface area contributed by atoms with Gasteiger partial charge in [-0.3, -0.25) is 0 Å². The second-order valence-electron chi connectivity index (χ2n) is 5.96. The first-order valence-corrected chi connectivity index (χ1v) is 8.10. The van der Waals surface area contributed by atoms with E-state index in [1.165, 1.54) is 0 Å². The molecule has 158 valence electrons. The smallest absolute Gasteiger partial charge is 0.459 e. The molecule has 1 unspecified atom stereocenters. The van der Waals surface area contributed by atoms with Crippen molar-refractivity contribution in [1.82, 2.24) is 0 Å². The molecule has 0 aliphatic heterocycles. The molecule has 0 spiro atoms. The number of halogens is 7. The highest BCUT2D eigenvalue weighted by molar-refractivity contribution is 5.95. The Morgan fingerprint density at radius 2 is 1.63 bits per heavy atom. The zero-order valence-corrected chi connectivity index (χ0v) is 14.7. The van der Waals surface area contributed by atoms with Crippen LogP contribution in [0.3, 0.4) is 0 Å². The summed E-state index contributed by atoms with van der Waals surface area (Å²) in [7, 11) is 0. The summed E-state index contributed by atoms with van der Waals surface area (Å²) in [4.78, 5) is 22.3. The third-order valence-electron chi connectivity index (χ3n) is 3.78. The first kappa shape index (κ1) is 25.2. The normalized spacial score (nSPS) is 14.8. The maximum atomic E-state index is 13.5. The predicted octanol–water partition coefficient (Wildman–Crippen LogP) is 3.65. The zero-order valence-electron chi connectivity index (χ0n) is 14.7. The van der Waals surface area contributed by atoms with Gasteiger partial charge in [0.2, 0.25) is 0 Å². The lowest BCUT2D eigenvalue weighted by Gasteiger charge is -2.28. The number of esters is 1. The molecule has 0 aromatic heterocycles. The molecule has 0 N–H and O–H groups in total. The monoisotopic (exact) mass is 409 g/mol. The molecule has 0 radical (unpaired) electrons. The van der Waals surface area contributed by atoms with Crippen LogP contribution in [0.25, 0.3) is 0 Å². The summed E-state index contributed by atoms with van der Waals surface area (Å²) in [6.45, 7) is 3.31. The van der Waals surface area contributed by atoms with Crippen molar-refractivity contribution in [2.24, 2.45) is 5.92 Å². The molecular formula is C16H20F7O4-. The fourth-order valence-corrected chi connectivity index (χ4v) is 2.07. The van der Waals surface area contributed by atoms with Crippen LogP contribution in [0.2, 0.25) is 0 Å². The van der Waals surface area contributed by atoms with Gasteiger partial charge in [0.1, 0.15) is 0 Å². The minimum Gasteiger partial charge on any atom is -0.545 e. The number of alkyl halides is 7. The molecule has 0 saturated heterocycles. The molecule has 0 saturated carbocycles. The highest BCUT2D eigenvalue weighted by Crippen LogP contribution is 2.49. The van der Waals surface area contributed by atoms with Gasteiger partial charge in [-0.25, -0.2) is 4.79 Å². The molecule has 0 bridgehead atoms. The van der Waals surface area contributed by atoms with Gasteiger partial charge in [0.05, 0.1) is 19.0 Å². The third kappa shape index (κ3) is 7.37. The Kier molecular flexibility index (Phi) is 9.27. The SMILES string of the molecule is CCCCC(CC)COC(=O)/C(=C\C(=O)[O-])CC(F)(F)C(F)(F)C(F)(F)F.